The lowest BCUT2D eigenvalue weighted by atomic mass is 10.0. The van der Waals surface area contributed by atoms with E-state index in [4.69, 9.17) is 9.84 Å². The molecule has 0 aliphatic carbocycles. The molecule has 2 rings (SSSR count). The van der Waals surface area contributed by atoms with E-state index in [-0.39, 0.29) is 23.5 Å². The molecule has 1 saturated heterocycles. The van der Waals surface area contributed by atoms with E-state index in [1.54, 1.807) is 6.92 Å². The summed E-state index contributed by atoms with van der Waals surface area (Å²) in [6.45, 7) is 5.24. The first kappa shape index (κ1) is 15.7. The lowest BCUT2D eigenvalue weighted by molar-refractivity contribution is 0.0701. The minimum absolute atomic E-state index is 0.0418. The maximum absolute atomic E-state index is 11.8. The van der Waals surface area contributed by atoms with Crippen LogP contribution in [0, 0.1) is 12.8 Å². The highest BCUT2D eigenvalue weighted by molar-refractivity contribution is 7.13. The van der Waals surface area contributed by atoms with Crippen LogP contribution in [0.25, 0.3) is 0 Å². The molecule has 0 bridgehead atoms. The van der Waals surface area contributed by atoms with Gasteiger partial charge in [0, 0.05) is 18.6 Å². The second-order valence-corrected chi connectivity index (χ2v) is 6.15. The van der Waals surface area contributed by atoms with Crippen molar-refractivity contribution in [2.24, 2.45) is 5.92 Å². The standard InChI is InChI=1S/C13H19N3O4S/c1-7(9-3-4-20-6-9)16-13(19)14-5-10-15-8(2)11(21-10)12(17)18/h7,9H,3-6H2,1-2H3,(H,17,18)(H2,14,16,19). The van der Waals surface area contributed by atoms with Gasteiger partial charge in [0.05, 0.1) is 18.8 Å². The zero-order valence-corrected chi connectivity index (χ0v) is 12.8. The molecule has 8 heteroatoms. The summed E-state index contributed by atoms with van der Waals surface area (Å²) in [5.74, 6) is -0.646. The second kappa shape index (κ2) is 6.86. The zero-order valence-electron chi connectivity index (χ0n) is 12.0. The van der Waals surface area contributed by atoms with E-state index in [2.05, 4.69) is 15.6 Å². The Morgan fingerprint density at radius 2 is 2.33 bits per heavy atom. The van der Waals surface area contributed by atoms with E-state index < -0.39 is 5.97 Å². The van der Waals surface area contributed by atoms with Crippen molar-refractivity contribution in [2.75, 3.05) is 13.2 Å². The van der Waals surface area contributed by atoms with Crippen LogP contribution >= 0.6 is 11.3 Å². The van der Waals surface area contributed by atoms with Crippen molar-refractivity contribution in [1.82, 2.24) is 15.6 Å². The first-order valence-corrected chi connectivity index (χ1v) is 7.60. The van der Waals surface area contributed by atoms with Gasteiger partial charge in [0.1, 0.15) is 9.88 Å². The summed E-state index contributed by atoms with van der Waals surface area (Å²) in [7, 11) is 0. The Hall–Kier alpha value is -1.67. The van der Waals surface area contributed by atoms with E-state index in [1.165, 1.54) is 0 Å². The molecule has 1 aliphatic heterocycles. The van der Waals surface area contributed by atoms with E-state index in [1.807, 2.05) is 6.92 Å². The molecule has 3 N–H and O–H groups in total. The number of nitrogens with one attached hydrogen (secondary N) is 2. The summed E-state index contributed by atoms with van der Waals surface area (Å²) < 4.78 is 5.29. The number of carbonyl (C=O) groups excluding carboxylic acids is 1. The fraction of sp³-hybridized carbons (Fsp3) is 0.615. The number of aromatic carboxylic acids is 1. The Morgan fingerprint density at radius 1 is 1.57 bits per heavy atom. The van der Waals surface area contributed by atoms with E-state index in [9.17, 15) is 9.59 Å². The van der Waals surface area contributed by atoms with Crippen LogP contribution in [0.15, 0.2) is 0 Å². The summed E-state index contributed by atoms with van der Waals surface area (Å²) >= 11 is 1.08. The van der Waals surface area contributed by atoms with E-state index in [0.717, 1.165) is 24.4 Å². The molecule has 2 amide bonds. The van der Waals surface area contributed by atoms with Crippen LogP contribution < -0.4 is 10.6 Å². The number of thiazole rings is 1. The quantitative estimate of drug-likeness (QED) is 0.762. The molecule has 7 nitrogen and oxygen atoms in total. The van der Waals surface area contributed by atoms with Gasteiger partial charge in [-0.3, -0.25) is 0 Å². The summed E-state index contributed by atoms with van der Waals surface area (Å²) in [6, 6.07) is -0.237. The summed E-state index contributed by atoms with van der Waals surface area (Å²) in [4.78, 5) is 27.1. The third kappa shape index (κ3) is 4.15. The van der Waals surface area contributed by atoms with Crippen LogP contribution in [-0.4, -0.2) is 41.3 Å². The fourth-order valence-electron chi connectivity index (χ4n) is 2.20. The highest BCUT2D eigenvalue weighted by Crippen LogP contribution is 2.18. The van der Waals surface area contributed by atoms with Crippen LogP contribution in [0.1, 0.15) is 33.7 Å². The Bertz CT molecular complexity index is 525. The summed E-state index contributed by atoms with van der Waals surface area (Å²) in [5.41, 5.74) is 0.473. The topological polar surface area (TPSA) is 101 Å². The van der Waals surface area contributed by atoms with Crippen molar-refractivity contribution in [2.45, 2.75) is 32.9 Å². The van der Waals surface area contributed by atoms with Crippen molar-refractivity contribution < 1.29 is 19.4 Å². The molecule has 1 fully saturated rings. The Balaban J connectivity index is 1.80. The molecule has 2 heterocycles. The number of nitrogens with zero attached hydrogens (tertiary/aromatic N) is 1. The van der Waals surface area contributed by atoms with E-state index in [0.29, 0.717) is 23.2 Å². The molecule has 1 aliphatic rings. The summed E-state index contributed by atoms with van der Waals surface area (Å²) in [5, 5.41) is 15.1. The molecule has 0 aromatic carbocycles. The van der Waals surface area contributed by atoms with Crippen LogP contribution in [0.3, 0.4) is 0 Å². The average Bonchev–Trinajstić information content (AvgIpc) is 3.05. The third-order valence-electron chi connectivity index (χ3n) is 3.47. The van der Waals surface area contributed by atoms with Gasteiger partial charge >= 0.3 is 12.0 Å². The number of carboxylic acids is 1. The number of urea groups is 1. The van der Waals surface area contributed by atoms with Crippen molar-refractivity contribution in [3.8, 4) is 0 Å². The maximum atomic E-state index is 11.8. The second-order valence-electron chi connectivity index (χ2n) is 5.07. The number of ether oxygens (including phenoxy) is 1. The summed E-state index contributed by atoms with van der Waals surface area (Å²) in [6.07, 6.45) is 0.953. The highest BCUT2D eigenvalue weighted by Gasteiger charge is 2.23. The first-order chi connectivity index (χ1) is 9.97. The van der Waals surface area contributed by atoms with Crippen LogP contribution in [0.4, 0.5) is 4.79 Å². The molecule has 0 spiro atoms. The number of amides is 2. The van der Waals surface area contributed by atoms with Gasteiger partial charge in [-0.05, 0) is 20.3 Å². The molecular weight excluding hydrogens is 294 g/mol. The minimum Gasteiger partial charge on any atom is -0.477 e. The lowest BCUT2D eigenvalue weighted by Crippen LogP contribution is -2.44. The number of carbonyl (C=O) groups is 2. The van der Waals surface area contributed by atoms with E-state index >= 15 is 0 Å². The van der Waals surface area contributed by atoms with Gasteiger partial charge < -0.3 is 20.5 Å². The minimum atomic E-state index is -0.990. The molecule has 2 unspecified atom stereocenters. The number of hydrogen-bond donors (Lipinski definition) is 3. The maximum Gasteiger partial charge on any atom is 0.347 e. The largest absolute Gasteiger partial charge is 0.477 e. The molecule has 0 saturated carbocycles. The Morgan fingerprint density at radius 3 is 2.90 bits per heavy atom. The predicted molar refractivity (Wildman–Crippen MR) is 77.6 cm³/mol. The van der Waals surface area contributed by atoms with Crippen molar-refractivity contribution in [3.05, 3.63) is 15.6 Å². The van der Waals surface area contributed by atoms with Gasteiger partial charge in [-0.25, -0.2) is 14.6 Å². The molecule has 1 aromatic heterocycles. The molecular formula is C13H19N3O4S. The normalized spacial score (nSPS) is 19.2. The molecule has 21 heavy (non-hydrogen) atoms. The zero-order chi connectivity index (χ0) is 15.4. The van der Waals surface area contributed by atoms with Crippen molar-refractivity contribution in [3.63, 3.8) is 0 Å². The van der Waals surface area contributed by atoms with Gasteiger partial charge in [-0.1, -0.05) is 0 Å². The smallest absolute Gasteiger partial charge is 0.347 e. The Labute approximate surface area is 126 Å². The number of carboxylic acid groups (broad SMARTS) is 1. The van der Waals surface area contributed by atoms with Crippen LogP contribution in [0.2, 0.25) is 0 Å². The highest BCUT2D eigenvalue weighted by atomic mass is 32.1. The first-order valence-electron chi connectivity index (χ1n) is 6.79. The van der Waals surface area contributed by atoms with Crippen molar-refractivity contribution >= 4 is 23.3 Å². The Kier molecular flexibility index (Phi) is 5.13. The van der Waals surface area contributed by atoms with Gasteiger partial charge in [-0.15, -0.1) is 11.3 Å². The van der Waals surface area contributed by atoms with Gasteiger partial charge in [0.2, 0.25) is 0 Å². The number of aryl methyl sites for hydroxylation is 1. The van der Waals surface area contributed by atoms with Gasteiger partial charge in [0.25, 0.3) is 0 Å². The molecule has 1 aromatic rings. The third-order valence-corrected chi connectivity index (χ3v) is 4.61. The molecule has 2 atom stereocenters. The van der Waals surface area contributed by atoms with Gasteiger partial charge in [-0.2, -0.15) is 0 Å². The fourth-order valence-corrected chi connectivity index (χ4v) is 3.05. The lowest BCUT2D eigenvalue weighted by Gasteiger charge is -2.19. The number of aromatic nitrogens is 1. The average molecular weight is 313 g/mol. The SMILES string of the molecule is Cc1nc(CNC(=O)NC(C)C2CCOC2)sc1C(=O)O. The monoisotopic (exact) mass is 313 g/mol. The number of rotatable bonds is 5. The number of hydrogen-bond acceptors (Lipinski definition) is 5. The van der Waals surface area contributed by atoms with Gasteiger partial charge in [0.15, 0.2) is 0 Å². The molecule has 116 valence electrons. The van der Waals surface area contributed by atoms with Crippen LogP contribution in [0.5, 0.6) is 0 Å². The van der Waals surface area contributed by atoms with Crippen molar-refractivity contribution in [1.29, 1.82) is 0 Å². The molecule has 0 radical (unpaired) electrons. The predicted octanol–water partition coefficient (Wildman–Crippen LogP) is 1.37. The van der Waals surface area contributed by atoms with Crippen LogP contribution in [-0.2, 0) is 11.3 Å².